The highest BCUT2D eigenvalue weighted by Gasteiger charge is 2.27. The monoisotopic (exact) mass is 453 g/mol. The number of rotatable bonds is 6. The zero-order chi connectivity index (χ0) is 21.0. The summed E-state index contributed by atoms with van der Waals surface area (Å²) >= 11 is 7.31. The molecule has 9 heteroatoms. The quantitative estimate of drug-likeness (QED) is 0.679. The molecular weight excluding hydrogens is 430 g/mol. The van der Waals surface area contributed by atoms with Crippen molar-refractivity contribution in [2.75, 3.05) is 38.5 Å². The summed E-state index contributed by atoms with van der Waals surface area (Å²) in [6.07, 6.45) is 0. The van der Waals surface area contributed by atoms with Crippen molar-refractivity contribution in [3.63, 3.8) is 0 Å². The van der Waals surface area contributed by atoms with Crippen molar-refractivity contribution in [2.24, 2.45) is 0 Å². The highest BCUT2D eigenvalue weighted by molar-refractivity contribution is 8.00. The lowest BCUT2D eigenvalue weighted by Crippen LogP contribution is -2.46. The molecule has 156 valence electrons. The predicted octanol–water partition coefficient (Wildman–Crippen LogP) is 3.40. The van der Waals surface area contributed by atoms with E-state index in [2.05, 4.69) is 10.2 Å². The molecule has 0 aromatic heterocycles. The van der Waals surface area contributed by atoms with Gasteiger partial charge in [-0.15, -0.1) is 11.8 Å². The number of sulfonamides is 1. The Morgan fingerprint density at radius 3 is 2.21 bits per heavy atom. The molecule has 0 aliphatic carbocycles. The number of nitrogens with one attached hydrogen (secondary N) is 1. The third kappa shape index (κ3) is 5.73. The van der Waals surface area contributed by atoms with Gasteiger partial charge in [0.2, 0.25) is 15.9 Å². The Morgan fingerprint density at radius 2 is 1.62 bits per heavy atom. The van der Waals surface area contributed by atoms with Crippen LogP contribution in [0.3, 0.4) is 0 Å². The minimum Gasteiger partial charge on any atom is -0.325 e. The minimum atomic E-state index is -3.51. The Morgan fingerprint density at radius 1 is 1.03 bits per heavy atom. The molecule has 1 saturated heterocycles. The van der Waals surface area contributed by atoms with Crippen molar-refractivity contribution in [1.29, 1.82) is 0 Å². The van der Waals surface area contributed by atoms with Crippen molar-refractivity contribution in [3.05, 3.63) is 53.6 Å². The SMILES string of the molecule is CC(Sc1ccc(Cl)cc1)C(=O)Nc1ccc(S(=O)(=O)N2CCN(C)CC2)cc1. The summed E-state index contributed by atoms with van der Waals surface area (Å²) in [5.74, 6) is -0.153. The van der Waals surface area contributed by atoms with E-state index in [1.807, 2.05) is 26.1 Å². The third-order valence-electron chi connectivity index (χ3n) is 4.72. The first-order valence-corrected chi connectivity index (χ1v) is 12.0. The summed E-state index contributed by atoms with van der Waals surface area (Å²) in [4.78, 5) is 15.7. The summed E-state index contributed by atoms with van der Waals surface area (Å²) < 4.78 is 27.0. The molecule has 2 aromatic carbocycles. The van der Waals surface area contributed by atoms with Gasteiger partial charge in [0, 0.05) is 41.8 Å². The lowest BCUT2D eigenvalue weighted by atomic mass is 10.3. The zero-order valence-electron chi connectivity index (χ0n) is 16.3. The van der Waals surface area contributed by atoms with Gasteiger partial charge in [0.05, 0.1) is 10.1 Å². The number of carbonyl (C=O) groups is 1. The maximum absolute atomic E-state index is 12.8. The van der Waals surface area contributed by atoms with Crippen molar-refractivity contribution < 1.29 is 13.2 Å². The van der Waals surface area contributed by atoms with Crippen LogP contribution in [0, 0.1) is 0 Å². The van der Waals surface area contributed by atoms with Crippen molar-refractivity contribution in [3.8, 4) is 0 Å². The molecule has 1 aliphatic heterocycles. The van der Waals surface area contributed by atoms with Gasteiger partial charge in [-0.25, -0.2) is 8.42 Å². The lowest BCUT2D eigenvalue weighted by Gasteiger charge is -2.31. The summed E-state index contributed by atoms with van der Waals surface area (Å²) in [5.41, 5.74) is 0.566. The number of nitrogens with zero attached hydrogens (tertiary/aromatic N) is 2. The Labute approximate surface area is 181 Å². The van der Waals surface area contributed by atoms with Gasteiger partial charge >= 0.3 is 0 Å². The van der Waals surface area contributed by atoms with Crippen LogP contribution in [0.25, 0.3) is 0 Å². The van der Waals surface area contributed by atoms with Gasteiger partial charge in [-0.2, -0.15) is 4.31 Å². The molecule has 29 heavy (non-hydrogen) atoms. The number of anilines is 1. The van der Waals surface area contributed by atoms with Crippen molar-refractivity contribution >= 4 is 45.0 Å². The summed E-state index contributed by atoms with van der Waals surface area (Å²) in [5, 5.41) is 3.17. The highest BCUT2D eigenvalue weighted by Crippen LogP contribution is 2.26. The fraction of sp³-hybridized carbons (Fsp3) is 0.350. The second-order valence-corrected chi connectivity index (χ2v) is 10.7. The van der Waals surface area contributed by atoms with Crippen LogP contribution < -0.4 is 5.32 Å². The molecule has 1 unspecified atom stereocenters. The molecule has 1 amide bonds. The van der Waals surface area contributed by atoms with Gasteiger partial charge in [0.15, 0.2) is 0 Å². The normalized spacial score (nSPS) is 17.1. The van der Waals surface area contributed by atoms with Crippen LogP contribution in [0.4, 0.5) is 5.69 Å². The Balaban J connectivity index is 1.61. The van der Waals surface area contributed by atoms with Gasteiger partial charge in [-0.05, 0) is 62.5 Å². The largest absolute Gasteiger partial charge is 0.325 e. The van der Waals surface area contributed by atoms with Gasteiger partial charge in [0.1, 0.15) is 0 Å². The molecule has 0 saturated carbocycles. The van der Waals surface area contributed by atoms with E-state index in [1.54, 1.807) is 36.4 Å². The first kappa shape index (κ1) is 22.1. The van der Waals surface area contributed by atoms with Crippen LogP contribution in [-0.2, 0) is 14.8 Å². The van der Waals surface area contributed by atoms with Crippen molar-refractivity contribution in [1.82, 2.24) is 9.21 Å². The van der Waals surface area contributed by atoms with Crippen LogP contribution in [-0.4, -0.2) is 62.0 Å². The van der Waals surface area contributed by atoms with Crippen LogP contribution in [0.2, 0.25) is 5.02 Å². The van der Waals surface area contributed by atoms with Gasteiger partial charge in [-0.3, -0.25) is 4.79 Å². The molecule has 2 aromatic rings. The lowest BCUT2D eigenvalue weighted by molar-refractivity contribution is -0.115. The van der Waals surface area contributed by atoms with Crippen molar-refractivity contribution in [2.45, 2.75) is 22.0 Å². The Hall–Kier alpha value is -1.58. The molecule has 0 spiro atoms. The maximum atomic E-state index is 12.8. The molecule has 1 fully saturated rings. The van der Waals surface area contributed by atoms with Crippen LogP contribution in [0.1, 0.15) is 6.92 Å². The van der Waals surface area contributed by atoms with E-state index in [0.717, 1.165) is 18.0 Å². The smallest absolute Gasteiger partial charge is 0.243 e. The van der Waals surface area contributed by atoms with Crippen LogP contribution >= 0.6 is 23.4 Å². The molecule has 0 bridgehead atoms. The number of piperazine rings is 1. The minimum absolute atomic E-state index is 0.153. The van der Waals surface area contributed by atoms with E-state index < -0.39 is 10.0 Å². The molecule has 1 aliphatic rings. The second-order valence-electron chi connectivity index (χ2n) is 6.93. The fourth-order valence-electron chi connectivity index (χ4n) is 2.90. The molecular formula is C20H24ClN3O3S2. The molecule has 1 heterocycles. The van der Waals surface area contributed by atoms with E-state index in [-0.39, 0.29) is 16.1 Å². The number of hydrogen-bond donors (Lipinski definition) is 1. The average molecular weight is 454 g/mol. The second kappa shape index (κ2) is 9.49. The number of halogens is 1. The highest BCUT2D eigenvalue weighted by atomic mass is 35.5. The summed E-state index contributed by atoms with van der Waals surface area (Å²) in [6.45, 7) is 4.22. The van der Waals surface area contributed by atoms with Crippen LogP contribution in [0.5, 0.6) is 0 Å². The topological polar surface area (TPSA) is 69.7 Å². The standard InChI is InChI=1S/C20H24ClN3O3S2/c1-15(28-18-7-3-16(21)4-8-18)20(25)22-17-5-9-19(10-6-17)29(26,27)24-13-11-23(2)12-14-24/h3-10,15H,11-14H2,1-2H3,(H,22,25). The number of amides is 1. The van der Waals surface area contributed by atoms with E-state index in [4.69, 9.17) is 11.6 Å². The third-order valence-corrected chi connectivity index (χ3v) is 7.99. The van der Waals surface area contributed by atoms with E-state index in [0.29, 0.717) is 23.8 Å². The average Bonchev–Trinajstić information content (AvgIpc) is 2.70. The van der Waals surface area contributed by atoms with Gasteiger partial charge in [0.25, 0.3) is 0 Å². The maximum Gasteiger partial charge on any atom is 0.243 e. The van der Waals surface area contributed by atoms with E-state index >= 15 is 0 Å². The first-order chi connectivity index (χ1) is 13.8. The Bertz CT molecular complexity index is 942. The molecule has 1 atom stereocenters. The van der Waals surface area contributed by atoms with E-state index in [1.165, 1.54) is 16.1 Å². The first-order valence-electron chi connectivity index (χ1n) is 9.27. The molecule has 3 rings (SSSR count). The molecule has 6 nitrogen and oxygen atoms in total. The number of thioether (sulfide) groups is 1. The molecule has 1 N–H and O–H groups in total. The molecule has 0 radical (unpaired) electrons. The summed E-state index contributed by atoms with van der Waals surface area (Å²) in [7, 11) is -1.53. The number of hydrogen-bond acceptors (Lipinski definition) is 5. The Kier molecular flexibility index (Phi) is 7.23. The number of benzene rings is 2. The predicted molar refractivity (Wildman–Crippen MR) is 118 cm³/mol. The summed E-state index contributed by atoms with van der Waals surface area (Å²) in [6, 6.07) is 13.6. The fourth-order valence-corrected chi connectivity index (χ4v) is 5.32. The van der Waals surface area contributed by atoms with Gasteiger partial charge < -0.3 is 10.2 Å². The number of likely N-dealkylation sites (N-methyl/N-ethyl adjacent to an activating group) is 1. The van der Waals surface area contributed by atoms with Crippen LogP contribution in [0.15, 0.2) is 58.3 Å². The zero-order valence-corrected chi connectivity index (χ0v) is 18.7. The van der Waals surface area contributed by atoms with E-state index in [9.17, 15) is 13.2 Å². The van der Waals surface area contributed by atoms with Gasteiger partial charge in [-0.1, -0.05) is 11.6 Å². The number of carbonyl (C=O) groups excluding carboxylic acids is 1.